The predicted octanol–water partition coefficient (Wildman–Crippen LogP) is -49.0. The van der Waals surface area contributed by atoms with Gasteiger partial charge in [0.15, 0.2) is 0 Å². The SMILES string of the molecule is O=S([O-])([O-])=S.O=S([O-])([O-])=S.O=S([O-])([O-])=S.O=S([O-])([O-])=S.O=S([O-])([O-])=S.O=S([O-])([O-])=S.O=S([O-])([O-])=S.[Na+].[Na+].[Na+].[Na+].[Na+].[Na+].[Na+].[Na+].[Na+].[Na+].[Na+].[Na+].[Na+].[Na+]. The van der Waals surface area contributed by atoms with Gasteiger partial charge in [-0.1, -0.05) is 0 Å². The molecule has 0 unspecified atom stereocenters. The van der Waals surface area contributed by atoms with Crippen LogP contribution in [0, 0.1) is 0 Å². The predicted molar refractivity (Wildman–Crippen MR) is 119 cm³/mol. The zero-order valence-electron chi connectivity index (χ0n) is 28.3. The Bertz CT molecular complexity index is 953. The summed E-state index contributed by atoms with van der Waals surface area (Å²) in [6.45, 7) is 0. The molecule has 0 heterocycles. The number of rotatable bonds is 0. The van der Waals surface area contributed by atoms with Crippen LogP contribution >= 0.6 is 0 Å². The molecule has 0 radical (unpaired) electrons. The second-order valence-electron chi connectivity index (χ2n) is 2.86. The molecule has 0 saturated heterocycles. The summed E-state index contributed by atoms with van der Waals surface area (Å²) in [7, 11) is -30.3. The third kappa shape index (κ3) is 959. The normalized spacial score (nSPS) is 8.29. The number of hydrogen-bond acceptors (Lipinski definition) is 28. The van der Waals surface area contributed by atoms with Crippen molar-refractivity contribution in [2.45, 2.75) is 0 Å². The molecule has 49 heteroatoms. The molecular formula is Na14O21S14. The van der Waals surface area contributed by atoms with Gasteiger partial charge in [-0.25, -0.2) is 0 Å². The Hall–Kier alpha value is 16.0. The summed E-state index contributed by atoms with van der Waals surface area (Å²) in [4.78, 5) is 0. The summed E-state index contributed by atoms with van der Waals surface area (Å²) in [5.74, 6) is 0. The van der Waals surface area contributed by atoms with E-state index in [-0.39, 0.29) is 414 Å². The minimum atomic E-state index is -4.33. The van der Waals surface area contributed by atoms with Crippen molar-refractivity contribution >= 4 is 142 Å². The molecule has 0 aromatic heterocycles. The van der Waals surface area contributed by atoms with Gasteiger partial charge in [0.25, 0.3) is 0 Å². The molecule has 0 rings (SSSR count). The maximum Gasteiger partial charge on any atom is 1.00 e. The van der Waals surface area contributed by atoms with Gasteiger partial charge in [-0.15, -0.1) is 63.4 Å². The molecule has 0 aliphatic heterocycles. The molecule has 0 N–H and O–H groups in total. The molecule has 0 aromatic carbocycles. The van der Waals surface area contributed by atoms with E-state index < -0.39 is 63.4 Å². The van der Waals surface area contributed by atoms with Crippen molar-refractivity contribution in [2.24, 2.45) is 0 Å². The molecule has 0 spiro atoms. The molecule has 0 aromatic rings. The molecular weight excluding hydrogens is 1110 g/mol. The van der Waals surface area contributed by atoms with Crippen LogP contribution in [0.1, 0.15) is 0 Å². The fraction of sp³-hybridized carbons (Fsp3) is 0. The summed E-state index contributed by atoms with van der Waals surface area (Å²) >= 11 is 22.7. The van der Waals surface area contributed by atoms with Crippen LogP contribution in [0.2, 0.25) is 0 Å². The second-order valence-corrected chi connectivity index (χ2v) is 17.1. The van der Waals surface area contributed by atoms with Crippen LogP contribution in [0.4, 0.5) is 0 Å². The molecule has 21 nitrogen and oxygen atoms in total. The maximum absolute atomic E-state index is 8.89. The van der Waals surface area contributed by atoms with Crippen LogP contribution in [0.5, 0.6) is 0 Å². The van der Waals surface area contributed by atoms with Crippen molar-refractivity contribution < 1.29 is 507 Å². The minimum absolute atomic E-state index is 0. The Balaban J connectivity index is -0.00000000938. The van der Waals surface area contributed by atoms with Gasteiger partial charge in [0, 0.05) is 0 Å². The van der Waals surface area contributed by atoms with Crippen molar-refractivity contribution in [3.8, 4) is 0 Å². The summed E-state index contributed by atoms with van der Waals surface area (Å²) in [5.41, 5.74) is 0. The first-order valence-corrected chi connectivity index (χ1v) is 21.0. The average Bonchev–Trinajstić information content (AvgIpc) is 2.06. The standard InChI is InChI=1S/14Na.7H2O3S2/c;;;;;;;;;;;;;;7*1-5(2,3)4/h;;;;;;;;;;;;;;7*(H2,1,2,3,4)/q14*+1;;;;;;;/p-14. The van der Waals surface area contributed by atoms with Crippen molar-refractivity contribution in [1.29, 1.82) is 0 Å². The van der Waals surface area contributed by atoms with Gasteiger partial charge in [-0.3, -0.25) is 29.5 Å². The summed E-state index contributed by atoms with van der Waals surface area (Å²) < 4.78 is 187. The van der Waals surface area contributed by atoms with Crippen molar-refractivity contribution in [3.63, 3.8) is 0 Å². The first-order valence-electron chi connectivity index (χ1n) is 4.67. The van der Waals surface area contributed by atoms with E-state index in [2.05, 4.69) is 78.3 Å². The molecule has 224 valence electrons. The Morgan fingerprint density at radius 2 is 0.184 bits per heavy atom. The molecule has 0 saturated carbocycles. The third-order valence-corrected chi connectivity index (χ3v) is 0. The van der Waals surface area contributed by atoms with Crippen LogP contribution in [-0.2, 0) is 142 Å². The van der Waals surface area contributed by atoms with Gasteiger partial charge >= 0.3 is 414 Å². The number of hydrogen-bond donors (Lipinski definition) is 0. The molecule has 0 fully saturated rings. The molecule has 0 amide bonds. The monoisotopic (exact) mass is 1110 g/mol. The Morgan fingerprint density at radius 3 is 0.184 bits per heavy atom. The zero-order valence-corrected chi connectivity index (χ0v) is 67.7. The van der Waals surface area contributed by atoms with Crippen molar-refractivity contribution in [1.82, 2.24) is 0 Å². The summed E-state index contributed by atoms with van der Waals surface area (Å²) in [5, 5.41) is 0. The van der Waals surface area contributed by atoms with E-state index in [1.165, 1.54) is 0 Å². The molecule has 0 bridgehead atoms. The third-order valence-electron chi connectivity index (χ3n) is 0. The molecule has 0 aliphatic carbocycles. The minimum Gasteiger partial charge on any atom is -0.780 e. The Kier molecular flexibility index (Phi) is 212. The van der Waals surface area contributed by atoms with E-state index in [9.17, 15) is 0 Å². The van der Waals surface area contributed by atoms with Gasteiger partial charge in [0.1, 0.15) is 0 Å². The van der Waals surface area contributed by atoms with E-state index in [1.54, 1.807) is 0 Å². The van der Waals surface area contributed by atoms with Gasteiger partial charge < -0.3 is 63.7 Å². The smallest absolute Gasteiger partial charge is 0.780 e. The van der Waals surface area contributed by atoms with Gasteiger partial charge in [-0.05, 0) is 78.3 Å². The van der Waals surface area contributed by atoms with Crippen LogP contribution in [0.3, 0.4) is 0 Å². The van der Waals surface area contributed by atoms with Crippen molar-refractivity contribution in [2.75, 3.05) is 0 Å². The fourth-order valence-corrected chi connectivity index (χ4v) is 0. The second kappa shape index (κ2) is 75.5. The first-order chi connectivity index (χ1) is 14.0. The van der Waals surface area contributed by atoms with Gasteiger partial charge in [0.05, 0.1) is 0 Å². The van der Waals surface area contributed by atoms with E-state index in [0.29, 0.717) is 0 Å². The molecule has 0 atom stereocenters. The molecule has 49 heavy (non-hydrogen) atoms. The van der Waals surface area contributed by atoms with E-state index in [1.807, 2.05) is 0 Å². The van der Waals surface area contributed by atoms with Crippen LogP contribution < -0.4 is 414 Å². The quantitative estimate of drug-likeness (QED) is 0.203. The zero-order chi connectivity index (χ0) is 31.5. The molecule has 0 aliphatic rings. The van der Waals surface area contributed by atoms with Crippen LogP contribution in [0.15, 0.2) is 0 Å². The van der Waals surface area contributed by atoms with Crippen molar-refractivity contribution in [3.05, 3.63) is 0 Å². The van der Waals surface area contributed by atoms with E-state index >= 15 is 0 Å². The van der Waals surface area contributed by atoms with Crippen LogP contribution in [-0.4, -0.2) is 93.2 Å². The largest absolute Gasteiger partial charge is 1.00 e. The average molecular weight is 1110 g/mol. The van der Waals surface area contributed by atoms with Gasteiger partial charge in [-0.2, -0.15) is 0 Å². The Labute approximate surface area is 630 Å². The topological polar surface area (TPSA) is 442 Å². The van der Waals surface area contributed by atoms with E-state index in [4.69, 9.17) is 93.2 Å². The maximum atomic E-state index is 8.89. The Morgan fingerprint density at radius 1 is 0.184 bits per heavy atom. The summed E-state index contributed by atoms with van der Waals surface area (Å²) in [6, 6.07) is 0. The first kappa shape index (κ1) is 138. The fourth-order valence-electron chi connectivity index (χ4n) is 0. The van der Waals surface area contributed by atoms with Crippen LogP contribution in [0.25, 0.3) is 0 Å². The van der Waals surface area contributed by atoms with E-state index in [0.717, 1.165) is 0 Å². The van der Waals surface area contributed by atoms with Gasteiger partial charge in [0.2, 0.25) is 0 Å². The summed E-state index contributed by atoms with van der Waals surface area (Å²) in [6.07, 6.45) is 0.